The second-order valence-corrected chi connectivity index (χ2v) is 10.7. The van der Waals surface area contributed by atoms with Crippen molar-refractivity contribution < 1.29 is 33.3 Å². The van der Waals surface area contributed by atoms with Gasteiger partial charge in [0.25, 0.3) is 0 Å². The highest BCUT2D eigenvalue weighted by atomic mass is 16.5. The van der Waals surface area contributed by atoms with E-state index in [1.807, 2.05) is 115 Å². The van der Waals surface area contributed by atoms with Gasteiger partial charge >= 0.3 is 11.9 Å². The van der Waals surface area contributed by atoms with Gasteiger partial charge in [-0.1, -0.05) is 103 Å². The molecule has 0 spiro atoms. The van der Waals surface area contributed by atoms with Crippen LogP contribution in [0.3, 0.4) is 0 Å². The van der Waals surface area contributed by atoms with Gasteiger partial charge in [-0.2, -0.15) is 0 Å². The molecule has 47 heavy (non-hydrogen) atoms. The van der Waals surface area contributed by atoms with Gasteiger partial charge in [0.05, 0.1) is 20.6 Å². The number of benzene rings is 4. The average Bonchev–Trinajstić information content (AvgIpc) is 3.11. The molecule has 0 bridgehead atoms. The molecule has 9 nitrogen and oxygen atoms in total. The molecule has 4 aromatic rings. The van der Waals surface area contributed by atoms with Crippen LogP contribution in [0.4, 0.5) is 0 Å². The SMILES string of the molecule is COC(=O)[C@H](Cc1ccccc1)NC(=O)[C@H](CC(=O)OCc1ccccc1)NC=CCc1ccc(OC)c(OCc2ccccc2)c1. The maximum absolute atomic E-state index is 13.5. The van der Waals surface area contributed by atoms with E-state index in [1.165, 1.54) is 7.11 Å². The number of rotatable bonds is 17. The molecule has 0 aliphatic heterocycles. The summed E-state index contributed by atoms with van der Waals surface area (Å²) in [6.07, 6.45) is 3.92. The first-order valence-electron chi connectivity index (χ1n) is 15.3. The Bertz CT molecular complexity index is 1590. The molecule has 0 aliphatic rings. The minimum atomic E-state index is -1.02. The van der Waals surface area contributed by atoms with Crippen LogP contribution in [0.2, 0.25) is 0 Å². The summed E-state index contributed by atoms with van der Waals surface area (Å²) in [4.78, 5) is 38.9. The summed E-state index contributed by atoms with van der Waals surface area (Å²) in [5, 5.41) is 5.78. The van der Waals surface area contributed by atoms with Gasteiger partial charge in [-0.15, -0.1) is 0 Å². The molecule has 0 saturated heterocycles. The Balaban J connectivity index is 1.42. The zero-order chi connectivity index (χ0) is 33.3. The number of hydrogen-bond acceptors (Lipinski definition) is 8. The monoisotopic (exact) mass is 636 g/mol. The van der Waals surface area contributed by atoms with Crippen LogP contribution >= 0.6 is 0 Å². The second-order valence-electron chi connectivity index (χ2n) is 10.7. The lowest BCUT2D eigenvalue weighted by Gasteiger charge is -2.21. The molecule has 0 radical (unpaired) electrons. The normalized spacial score (nSPS) is 12.0. The van der Waals surface area contributed by atoms with Crippen molar-refractivity contribution in [3.8, 4) is 11.5 Å². The molecule has 4 rings (SSSR count). The predicted molar refractivity (Wildman–Crippen MR) is 178 cm³/mol. The van der Waals surface area contributed by atoms with Crippen molar-refractivity contribution in [1.82, 2.24) is 10.6 Å². The number of amides is 1. The van der Waals surface area contributed by atoms with Gasteiger partial charge in [-0.3, -0.25) is 9.59 Å². The fourth-order valence-electron chi connectivity index (χ4n) is 4.72. The Morgan fingerprint density at radius 2 is 1.32 bits per heavy atom. The molecular formula is C38H40N2O7. The van der Waals surface area contributed by atoms with E-state index in [9.17, 15) is 14.4 Å². The summed E-state index contributed by atoms with van der Waals surface area (Å²) in [5.41, 5.74) is 3.66. The van der Waals surface area contributed by atoms with E-state index in [4.69, 9.17) is 18.9 Å². The lowest BCUT2D eigenvalue weighted by Crippen LogP contribution is -2.51. The van der Waals surface area contributed by atoms with E-state index < -0.39 is 29.9 Å². The van der Waals surface area contributed by atoms with E-state index >= 15 is 0 Å². The summed E-state index contributed by atoms with van der Waals surface area (Å²) in [5.74, 6) is -0.469. The molecule has 0 unspecified atom stereocenters. The van der Waals surface area contributed by atoms with Crippen molar-refractivity contribution in [3.63, 3.8) is 0 Å². The summed E-state index contributed by atoms with van der Waals surface area (Å²) in [6.45, 7) is 0.473. The molecule has 0 aliphatic carbocycles. The molecular weight excluding hydrogens is 596 g/mol. The van der Waals surface area contributed by atoms with E-state index in [1.54, 1.807) is 13.3 Å². The average molecular weight is 637 g/mol. The van der Waals surface area contributed by atoms with E-state index in [0.29, 0.717) is 24.5 Å². The number of allylic oxidation sites excluding steroid dienone is 1. The Morgan fingerprint density at radius 3 is 1.94 bits per heavy atom. The Labute approximate surface area is 275 Å². The zero-order valence-corrected chi connectivity index (χ0v) is 26.6. The van der Waals surface area contributed by atoms with Crippen LogP contribution < -0.4 is 20.1 Å². The number of hydrogen-bond donors (Lipinski definition) is 2. The van der Waals surface area contributed by atoms with Crippen LogP contribution in [0.5, 0.6) is 11.5 Å². The largest absolute Gasteiger partial charge is 0.493 e. The van der Waals surface area contributed by atoms with Gasteiger partial charge in [0.2, 0.25) is 5.91 Å². The quantitative estimate of drug-likeness (QED) is 0.150. The summed E-state index contributed by atoms with van der Waals surface area (Å²) in [7, 11) is 2.86. The minimum Gasteiger partial charge on any atom is -0.493 e. The Morgan fingerprint density at radius 1 is 0.702 bits per heavy atom. The Hall–Kier alpha value is -5.57. The highest BCUT2D eigenvalue weighted by Crippen LogP contribution is 2.29. The number of methoxy groups -OCH3 is 2. The van der Waals surface area contributed by atoms with Crippen molar-refractivity contribution >= 4 is 17.8 Å². The number of esters is 2. The minimum absolute atomic E-state index is 0.0782. The molecule has 2 N–H and O–H groups in total. The third kappa shape index (κ3) is 11.4. The van der Waals surface area contributed by atoms with Crippen LogP contribution in [-0.4, -0.2) is 44.1 Å². The maximum atomic E-state index is 13.5. The molecule has 9 heteroatoms. The van der Waals surface area contributed by atoms with Gasteiger partial charge < -0.3 is 29.6 Å². The second kappa shape index (κ2) is 18.4. The molecule has 0 saturated carbocycles. The molecule has 4 aromatic carbocycles. The molecule has 2 atom stereocenters. The molecule has 244 valence electrons. The van der Waals surface area contributed by atoms with Crippen LogP contribution in [0.15, 0.2) is 121 Å². The van der Waals surface area contributed by atoms with Gasteiger partial charge in [0.1, 0.15) is 25.3 Å². The van der Waals surface area contributed by atoms with Gasteiger partial charge in [0.15, 0.2) is 11.5 Å². The van der Waals surface area contributed by atoms with Gasteiger partial charge in [-0.25, -0.2) is 4.79 Å². The number of ether oxygens (including phenoxy) is 4. The first kappa shape index (κ1) is 34.3. The third-order valence-electron chi connectivity index (χ3n) is 7.25. The number of carbonyl (C=O) groups excluding carboxylic acids is 3. The summed E-state index contributed by atoms with van der Waals surface area (Å²) in [6, 6.07) is 32.1. The predicted octanol–water partition coefficient (Wildman–Crippen LogP) is 5.32. The van der Waals surface area contributed by atoms with E-state index in [-0.39, 0.29) is 19.4 Å². The van der Waals surface area contributed by atoms with Crippen molar-refractivity contribution in [2.24, 2.45) is 0 Å². The van der Waals surface area contributed by atoms with Crippen molar-refractivity contribution in [3.05, 3.63) is 144 Å². The first-order valence-corrected chi connectivity index (χ1v) is 15.3. The topological polar surface area (TPSA) is 112 Å². The fraction of sp³-hybridized carbons (Fsp3) is 0.237. The van der Waals surface area contributed by atoms with Gasteiger partial charge in [0, 0.05) is 6.42 Å². The maximum Gasteiger partial charge on any atom is 0.328 e. The Kier molecular flexibility index (Phi) is 13.4. The highest BCUT2D eigenvalue weighted by Gasteiger charge is 2.28. The van der Waals surface area contributed by atoms with Crippen LogP contribution in [0.1, 0.15) is 28.7 Å². The smallest absolute Gasteiger partial charge is 0.328 e. The lowest BCUT2D eigenvalue weighted by molar-refractivity contribution is -0.147. The van der Waals surface area contributed by atoms with Crippen molar-refractivity contribution in [2.45, 2.75) is 44.6 Å². The highest BCUT2D eigenvalue weighted by molar-refractivity contribution is 5.90. The van der Waals surface area contributed by atoms with E-state index in [2.05, 4.69) is 10.6 Å². The number of nitrogens with one attached hydrogen (secondary N) is 2. The molecule has 0 heterocycles. The van der Waals surface area contributed by atoms with Crippen LogP contribution in [0, 0.1) is 0 Å². The molecule has 0 fully saturated rings. The molecule has 0 aromatic heterocycles. The van der Waals surface area contributed by atoms with E-state index in [0.717, 1.165) is 22.3 Å². The van der Waals surface area contributed by atoms with Crippen molar-refractivity contribution in [2.75, 3.05) is 14.2 Å². The summed E-state index contributed by atoms with van der Waals surface area (Å²) >= 11 is 0. The van der Waals surface area contributed by atoms with Crippen LogP contribution in [-0.2, 0) is 49.9 Å². The van der Waals surface area contributed by atoms with Crippen LogP contribution in [0.25, 0.3) is 0 Å². The molecule has 1 amide bonds. The summed E-state index contributed by atoms with van der Waals surface area (Å²) < 4.78 is 21.9. The zero-order valence-electron chi connectivity index (χ0n) is 26.6. The third-order valence-corrected chi connectivity index (χ3v) is 7.25. The number of carbonyl (C=O) groups is 3. The lowest BCUT2D eigenvalue weighted by atomic mass is 10.1. The standard InChI is InChI=1S/C38H40N2O7/c1-44-34-21-20-29(24-35(34)46-26-30-15-8-4-9-16-30)19-12-22-39-32(25-36(41)47-27-31-17-10-5-11-18-31)37(42)40-33(38(43)45-2)23-28-13-6-3-7-14-28/h3-18,20-22,24,32-33,39H,19,23,25-27H2,1-2H3,(H,40,42)/t32-,33-/m0/s1. The van der Waals surface area contributed by atoms with Crippen molar-refractivity contribution in [1.29, 1.82) is 0 Å². The van der Waals surface area contributed by atoms with Gasteiger partial charge in [-0.05, 0) is 47.0 Å². The fourth-order valence-corrected chi connectivity index (χ4v) is 4.72. The first-order chi connectivity index (χ1) is 22.9.